The largest absolute Gasteiger partial charge is 0.366 e. The van der Waals surface area contributed by atoms with Crippen LogP contribution in [0.4, 0.5) is 11.4 Å². The van der Waals surface area contributed by atoms with Gasteiger partial charge in [0, 0.05) is 38.9 Å². The first kappa shape index (κ1) is 16.5. The number of H-pyrrole nitrogens is 1. The molecule has 0 aliphatic carbocycles. The van der Waals surface area contributed by atoms with E-state index in [0.717, 1.165) is 43.3 Å². The van der Waals surface area contributed by atoms with E-state index in [1.165, 1.54) is 5.69 Å². The van der Waals surface area contributed by atoms with E-state index in [-0.39, 0.29) is 5.91 Å². The normalized spacial score (nSPS) is 15.5. The van der Waals surface area contributed by atoms with Gasteiger partial charge < -0.3 is 9.80 Å². The Bertz CT molecular complexity index is 669. The van der Waals surface area contributed by atoms with Crippen LogP contribution in [0, 0.1) is 13.8 Å². The Kier molecular flexibility index (Phi) is 4.85. The van der Waals surface area contributed by atoms with Gasteiger partial charge in [-0.3, -0.25) is 14.8 Å². The average molecular weight is 327 g/mol. The number of carbonyl (C=O) groups excluding carboxylic acids is 1. The molecule has 128 valence electrons. The maximum Gasteiger partial charge on any atom is 0.240 e. The molecular formula is C18H25N5O. The molecule has 24 heavy (non-hydrogen) atoms. The minimum absolute atomic E-state index is 0.130. The number of aromatic amines is 1. The van der Waals surface area contributed by atoms with Crippen molar-refractivity contribution in [2.45, 2.75) is 13.8 Å². The number of anilines is 2. The van der Waals surface area contributed by atoms with Gasteiger partial charge in [-0.15, -0.1) is 0 Å². The lowest BCUT2D eigenvalue weighted by Gasteiger charge is -2.36. The van der Waals surface area contributed by atoms with Crippen LogP contribution >= 0.6 is 0 Å². The third-order valence-corrected chi connectivity index (χ3v) is 4.65. The average Bonchev–Trinajstić information content (AvgIpc) is 2.94. The number of amides is 1. The first-order chi connectivity index (χ1) is 11.6. The Balaban J connectivity index is 1.55. The molecule has 0 atom stereocenters. The summed E-state index contributed by atoms with van der Waals surface area (Å²) in [5, 5.41) is 7.32. The maximum atomic E-state index is 12.5. The molecule has 2 aromatic rings. The molecule has 0 saturated carbocycles. The number of hydrogen-bond donors (Lipinski definition) is 1. The molecule has 1 saturated heterocycles. The van der Waals surface area contributed by atoms with Crippen molar-refractivity contribution in [1.29, 1.82) is 0 Å². The van der Waals surface area contributed by atoms with E-state index in [2.05, 4.69) is 26.9 Å². The second kappa shape index (κ2) is 7.05. The Morgan fingerprint density at radius 2 is 1.83 bits per heavy atom. The fraction of sp³-hybridized carbons (Fsp3) is 0.444. The second-order valence-electron chi connectivity index (χ2n) is 6.33. The van der Waals surface area contributed by atoms with Gasteiger partial charge in [0.15, 0.2) is 0 Å². The van der Waals surface area contributed by atoms with Gasteiger partial charge in [-0.05, 0) is 26.0 Å². The summed E-state index contributed by atoms with van der Waals surface area (Å²) in [6.45, 7) is 8.16. The first-order valence-corrected chi connectivity index (χ1v) is 8.36. The number of nitrogens with one attached hydrogen (secondary N) is 1. The van der Waals surface area contributed by atoms with Gasteiger partial charge in [0.05, 0.1) is 23.6 Å². The molecule has 0 radical (unpaired) electrons. The highest BCUT2D eigenvalue weighted by Gasteiger charge is 2.23. The Morgan fingerprint density at radius 3 is 2.42 bits per heavy atom. The van der Waals surface area contributed by atoms with E-state index < -0.39 is 0 Å². The lowest BCUT2D eigenvalue weighted by atomic mass is 10.2. The Labute approximate surface area is 143 Å². The highest BCUT2D eigenvalue weighted by Crippen LogP contribution is 2.23. The summed E-state index contributed by atoms with van der Waals surface area (Å²) < 4.78 is 0. The lowest BCUT2D eigenvalue weighted by Crippen LogP contribution is -2.50. The molecule has 6 heteroatoms. The van der Waals surface area contributed by atoms with E-state index in [4.69, 9.17) is 0 Å². The quantitative estimate of drug-likeness (QED) is 0.930. The van der Waals surface area contributed by atoms with Crippen molar-refractivity contribution in [3.05, 3.63) is 41.7 Å². The van der Waals surface area contributed by atoms with Crippen molar-refractivity contribution in [3.63, 3.8) is 0 Å². The summed E-state index contributed by atoms with van der Waals surface area (Å²) >= 11 is 0. The molecule has 1 fully saturated rings. The molecule has 1 aromatic heterocycles. The Hall–Kier alpha value is -2.34. The van der Waals surface area contributed by atoms with Crippen LogP contribution in [0.1, 0.15) is 11.4 Å². The van der Waals surface area contributed by atoms with Gasteiger partial charge in [0.1, 0.15) is 0 Å². The van der Waals surface area contributed by atoms with Crippen LogP contribution in [-0.2, 0) is 4.79 Å². The lowest BCUT2D eigenvalue weighted by molar-refractivity contribution is -0.119. The topological polar surface area (TPSA) is 55.5 Å². The molecule has 0 bridgehead atoms. The Morgan fingerprint density at radius 1 is 1.17 bits per heavy atom. The van der Waals surface area contributed by atoms with Crippen molar-refractivity contribution in [2.24, 2.45) is 0 Å². The number of hydrogen-bond acceptors (Lipinski definition) is 4. The zero-order valence-corrected chi connectivity index (χ0v) is 14.6. The summed E-state index contributed by atoms with van der Waals surface area (Å²) in [6, 6.07) is 9.78. The molecule has 1 N–H and O–H groups in total. The van der Waals surface area contributed by atoms with Gasteiger partial charge in [-0.25, -0.2) is 0 Å². The predicted octanol–water partition coefficient (Wildman–Crippen LogP) is 1.81. The number of para-hydroxylation sites is 1. The predicted molar refractivity (Wildman–Crippen MR) is 96.6 cm³/mol. The van der Waals surface area contributed by atoms with Crippen molar-refractivity contribution in [3.8, 4) is 0 Å². The number of carbonyl (C=O) groups is 1. The van der Waals surface area contributed by atoms with Gasteiger partial charge >= 0.3 is 0 Å². The van der Waals surface area contributed by atoms with Crippen LogP contribution in [0.2, 0.25) is 0 Å². The van der Waals surface area contributed by atoms with Gasteiger partial charge in [0.25, 0.3) is 0 Å². The molecule has 1 amide bonds. The van der Waals surface area contributed by atoms with Crippen molar-refractivity contribution in [2.75, 3.05) is 49.6 Å². The minimum atomic E-state index is 0.130. The van der Waals surface area contributed by atoms with E-state index in [9.17, 15) is 4.79 Å². The van der Waals surface area contributed by atoms with Crippen molar-refractivity contribution >= 4 is 17.3 Å². The highest BCUT2D eigenvalue weighted by atomic mass is 16.2. The summed E-state index contributed by atoms with van der Waals surface area (Å²) in [7, 11) is 1.84. The number of benzene rings is 1. The monoisotopic (exact) mass is 327 g/mol. The van der Waals surface area contributed by atoms with Crippen LogP contribution in [0.3, 0.4) is 0 Å². The number of likely N-dealkylation sites (N-methyl/N-ethyl adjacent to an activating group) is 1. The van der Waals surface area contributed by atoms with E-state index in [0.29, 0.717) is 6.54 Å². The molecule has 1 aromatic carbocycles. The van der Waals surface area contributed by atoms with Crippen molar-refractivity contribution < 1.29 is 4.79 Å². The first-order valence-electron chi connectivity index (χ1n) is 8.36. The van der Waals surface area contributed by atoms with Gasteiger partial charge in [-0.1, -0.05) is 18.2 Å². The second-order valence-corrected chi connectivity index (χ2v) is 6.33. The highest BCUT2D eigenvalue weighted by molar-refractivity contribution is 5.94. The third kappa shape index (κ3) is 3.43. The smallest absolute Gasteiger partial charge is 0.240 e. The number of rotatable bonds is 4. The number of aryl methyl sites for hydroxylation is 2. The van der Waals surface area contributed by atoms with Crippen LogP contribution in [-0.4, -0.2) is 60.8 Å². The minimum Gasteiger partial charge on any atom is -0.366 e. The molecule has 0 unspecified atom stereocenters. The number of nitrogens with zero attached hydrogens (tertiary/aromatic N) is 4. The summed E-state index contributed by atoms with van der Waals surface area (Å²) in [6.07, 6.45) is 0. The van der Waals surface area contributed by atoms with Gasteiger partial charge in [-0.2, -0.15) is 5.10 Å². The maximum absolute atomic E-state index is 12.5. The molecular weight excluding hydrogens is 302 g/mol. The molecule has 1 aliphatic heterocycles. The summed E-state index contributed by atoms with van der Waals surface area (Å²) in [5.41, 5.74) is 4.30. The molecule has 1 aliphatic rings. The summed E-state index contributed by atoms with van der Waals surface area (Å²) in [5.74, 6) is 0.130. The third-order valence-electron chi connectivity index (χ3n) is 4.65. The summed E-state index contributed by atoms with van der Waals surface area (Å²) in [4.78, 5) is 18.8. The molecule has 0 spiro atoms. The van der Waals surface area contributed by atoms with E-state index in [1.54, 1.807) is 4.90 Å². The number of piperazine rings is 1. The molecule has 3 rings (SSSR count). The van der Waals surface area contributed by atoms with Crippen LogP contribution in [0.5, 0.6) is 0 Å². The SMILES string of the molecule is Cc1n[nH]c(C)c1N1CCN(CC(=O)N(C)c2ccccc2)CC1. The number of aromatic nitrogens is 2. The fourth-order valence-electron chi connectivity index (χ4n) is 3.23. The van der Waals surface area contributed by atoms with E-state index in [1.807, 2.05) is 44.3 Å². The molecule has 2 heterocycles. The van der Waals surface area contributed by atoms with E-state index >= 15 is 0 Å². The molecule has 6 nitrogen and oxygen atoms in total. The van der Waals surface area contributed by atoms with Crippen LogP contribution < -0.4 is 9.80 Å². The van der Waals surface area contributed by atoms with Crippen molar-refractivity contribution in [1.82, 2.24) is 15.1 Å². The zero-order valence-electron chi connectivity index (χ0n) is 14.6. The standard InChI is InChI=1S/C18H25N5O/c1-14-18(15(2)20-19-14)23-11-9-22(10-12-23)13-17(24)21(3)16-7-5-4-6-8-16/h4-8H,9-13H2,1-3H3,(H,19,20). The fourth-order valence-corrected chi connectivity index (χ4v) is 3.23. The van der Waals surface area contributed by atoms with Crippen LogP contribution in [0.15, 0.2) is 30.3 Å². The van der Waals surface area contributed by atoms with Gasteiger partial charge in [0.2, 0.25) is 5.91 Å². The zero-order chi connectivity index (χ0) is 17.1. The van der Waals surface area contributed by atoms with Crippen LogP contribution in [0.25, 0.3) is 0 Å².